The summed E-state index contributed by atoms with van der Waals surface area (Å²) in [6.07, 6.45) is 0. The molecule has 0 spiro atoms. The molecule has 1 amide bonds. The number of H-pyrrole nitrogens is 1. The lowest BCUT2D eigenvalue weighted by molar-refractivity contribution is 0.0748. The number of methoxy groups -OCH3 is 2. The van der Waals surface area contributed by atoms with Gasteiger partial charge < -0.3 is 19.4 Å². The van der Waals surface area contributed by atoms with Crippen molar-refractivity contribution in [3.8, 4) is 11.5 Å². The number of hydrogen-bond acceptors (Lipinski definition) is 5. The smallest absolute Gasteiger partial charge is 0.258 e. The van der Waals surface area contributed by atoms with Gasteiger partial charge in [0.25, 0.3) is 11.5 Å². The summed E-state index contributed by atoms with van der Waals surface area (Å²) in [7, 11) is 2.98. The van der Waals surface area contributed by atoms with Crippen LogP contribution in [0.25, 0.3) is 10.9 Å². The fraction of sp³-hybridized carbons (Fsp3) is 0.250. The molecule has 1 heterocycles. The molecule has 0 aliphatic carbocycles. The van der Waals surface area contributed by atoms with Crippen molar-refractivity contribution in [1.82, 2.24) is 14.9 Å². The minimum Gasteiger partial charge on any atom is -0.493 e. The zero-order valence-corrected chi connectivity index (χ0v) is 15.8. The minimum absolute atomic E-state index is 0.0748. The van der Waals surface area contributed by atoms with Gasteiger partial charge in [0.15, 0.2) is 11.5 Å². The van der Waals surface area contributed by atoms with Crippen LogP contribution in [0.3, 0.4) is 0 Å². The number of nitrogens with one attached hydrogen (secondary N) is 1. The molecule has 0 bridgehead atoms. The van der Waals surface area contributed by atoms with Gasteiger partial charge in [-0.3, -0.25) is 9.59 Å². The fourth-order valence-corrected chi connectivity index (χ4v) is 2.90. The molecule has 1 aromatic heterocycles. The second kappa shape index (κ2) is 8.08. The highest BCUT2D eigenvalue weighted by molar-refractivity contribution is 5.94. The fourth-order valence-electron chi connectivity index (χ4n) is 2.90. The van der Waals surface area contributed by atoms with Gasteiger partial charge in [0, 0.05) is 18.2 Å². The number of ether oxygens (including phenoxy) is 2. The number of carbonyl (C=O) groups is 1. The second-order valence-corrected chi connectivity index (χ2v) is 6.07. The Morgan fingerprint density at radius 1 is 1.18 bits per heavy atom. The molecule has 8 heteroatoms. The molecule has 3 aromatic rings. The van der Waals surface area contributed by atoms with Crippen molar-refractivity contribution < 1.29 is 18.7 Å². The highest BCUT2D eigenvalue weighted by Gasteiger charge is 2.17. The van der Waals surface area contributed by atoms with Crippen LogP contribution in [0, 0.1) is 5.82 Å². The summed E-state index contributed by atoms with van der Waals surface area (Å²) < 4.78 is 23.9. The maximum atomic E-state index is 13.4. The minimum atomic E-state index is -0.486. The largest absolute Gasteiger partial charge is 0.493 e. The first-order valence-corrected chi connectivity index (χ1v) is 8.66. The molecule has 0 aliphatic rings. The highest BCUT2D eigenvalue weighted by atomic mass is 19.1. The van der Waals surface area contributed by atoms with Crippen LogP contribution in [0.1, 0.15) is 23.1 Å². The monoisotopic (exact) mass is 385 g/mol. The lowest BCUT2D eigenvalue weighted by Gasteiger charge is -2.20. The highest BCUT2D eigenvalue weighted by Crippen LogP contribution is 2.30. The molecule has 3 rings (SSSR count). The maximum absolute atomic E-state index is 13.4. The number of halogens is 1. The summed E-state index contributed by atoms with van der Waals surface area (Å²) in [4.78, 5) is 33.7. The van der Waals surface area contributed by atoms with E-state index in [9.17, 15) is 14.0 Å². The third kappa shape index (κ3) is 3.80. The molecule has 146 valence electrons. The lowest BCUT2D eigenvalue weighted by Crippen LogP contribution is -2.32. The zero-order chi connectivity index (χ0) is 20.3. The number of fused-ring (bicyclic) bond motifs is 1. The Hall–Kier alpha value is -3.42. The summed E-state index contributed by atoms with van der Waals surface area (Å²) in [6.45, 7) is 2.23. The topological polar surface area (TPSA) is 84.5 Å². The third-order valence-electron chi connectivity index (χ3n) is 4.34. The van der Waals surface area contributed by atoms with Gasteiger partial charge in [-0.2, -0.15) is 0 Å². The van der Waals surface area contributed by atoms with Gasteiger partial charge >= 0.3 is 0 Å². The number of aromatic amines is 1. The van der Waals surface area contributed by atoms with Crippen LogP contribution in [-0.4, -0.2) is 41.5 Å². The summed E-state index contributed by atoms with van der Waals surface area (Å²) in [6, 6.07) is 8.64. The number of benzene rings is 2. The average Bonchev–Trinajstić information content (AvgIpc) is 2.70. The van der Waals surface area contributed by atoms with E-state index in [-0.39, 0.29) is 23.6 Å². The van der Waals surface area contributed by atoms with E-state index in [4.69, 9.17) is 9.47 Å². The van der Waals surface area contributed by atoms with Crippen molar-refractivity contribution in [3.05, 3.63) is 64.0 Å². The number of nitrogens with zero attached hydrogens (tertiary/aromatic N) is 2. The summed E-state index contributed by atoms with van der Waals surface area (Å²) in [5.41, 5.74) is 0.303. The standard InChI is InChI=1S/C20H20FN3O4/c1-4-24(20(26)12-6-5-7-13(21)8-12)11-18-22-15-10-17(28-3)16(27-2)9-14(15)19(25)23-18/h5-10H,4,11H2,1-3H3,(H,22,23,25). The molecule has 0 atom stereocenters. The molecule has 0 radical (unpaired) electrons. The van der Waals surface area contributed by atoms with E-state index in [2.05, 4.69) is 9.97 Å². The molecule has 0 saturated heterocycles. The SMILES string of the molecule is CCN(Cc1nc2cc(OC)c(OC)cc2c(=O)[nH]1)C(=O)c1cccc(F)c1. The van der Waals surface area contributed by atoms with Crippen LogP contribution in [-0.2, 0) is 6.54 Å². The third-order valence-corrected chi connectivity index (χ3v) is 4.34. The molecule has 28 heavy (non-hydrogen) atoms. The van der Waals surface area contributed by atoms with Crippen LogP contribution in [0.2, 0.25) is 0 Å². The molecule has 0 fully saturated rings. The Morgan fingerprint density at radius 2 is 1.89 bits per heavy atom. The van der Waals surface area contributed by atoms with Crippen molar-refractivity contribution in [2.75, 3.05) is 20.8 Å². The average molecular weight is 385 g/mol. The molecule has 0 aliphatic heterocycles. The lowest BCUT2D eigenvalue weighted by atomic mass is 10.2. The van der Waals surface area contributed by atoms with Gasteiger partial charge in [-0.1, -0.05) is 6.07 Å². The van der Waals surface area contributed by atoms with Crippen LogP contribution < -0.4 is 15.0 Å². The van der Waals surface area contributed by atoms with Gasteiger partial charge in [0.1, 0.15) is 11.6 Å². The maximum Gasteiger partial charge on any atom is 0.258 e. The van der Waals surface area contributed by atoms with E-state index in [1.807, 2.05) is 0 Å². The van der Waals surface area contributed by atoms with Crippen molar-refractivity contribution in [3.63, 3.8) is 0 Å². The normalized spacial score (nSPS) is 10.7. The van der Waals surface area contributed by atoms with Crippen molar-refractivity contribution in [2.45, 2.75) is 13.5 Å². The van der Waals surface area contributed by atoms with Gasteiger partial charge in [-0.05, 0) is 31.2 Å². The van der Waals surface area contributed by atoms with Crippen LogP contribution in [0.15, 0.2) is 41.2 Å². The second-order valence-electron chi connectivity index (χ2n) is 6.07. The van der Waals surface area contributed by atoms with E-state index in [0.29, 0.717) is 34.8 Å². The molecular weight excluding hydrogens is 365 g/mol. The van der Waals surface area contributed by atoms with Gasteiger partial charge in [0.05, 0.1) is 31.7 Å². The molecule has 1 N–H and O–H groups in total. The first-order chi connectivity index (χ1) is 13.5. The number of amides is 1. The van der Waals surface area contributed by atoms with Crippen molar-refractivity contribution >= 4 is 16.8 Å². The predicted molar refractivity (Wildman–Crippen MR) is 102 cm³/mol. The quantitative estimate of drug-likeness (QED) is 0.705. The van der Waals surface area contributed by atoms with Gasteiger partial charge in [-0.15, -0.1) is 0 Å². The zero-order valence-electron chi connectivity index (χ0n) is 15.8. The molecule has 7 nitrogen and oxygen atoms in total. The van der Waals surface area contributed by atoms with E-state index >= 15 is 0 Å². The van der Waals surface area contributed by atoms with E-state index < -0.39 is 5.82 Å². The Balaban J connectivity index is 1.96. The number of aromatic nitrogens is 2. The van der Waals surface area contributed by atoms with Crippen LogP contribution >= 0.6 is 0 Å². The predicted octanol–water partition coefficient (Wildman–Crippen LogP) is 2.74. The van der Waals surface area contributed by atoms with Crippen LogP contribution in [0.4, 0.5) is 4.39 Å². The van der Waals surface area contributed by atoms with Gasteiger partial charge in [-0.25, -0.2) is 9.37 Å². The number of hydrogen-bond donors (Lipinski definition) is 1. The van der Waals surface area contributed by atoms with Crippen molar-refractivity contribution in [1.29, 1.82) is 0 Å². The Labute approximate surface area is 160 Å². The van der Waals surface area contributed by atoms with Crippen molar-refractivity contribution in [2.24, 2.45) is 0 Å². The molecule has 2 aromatic carbocycles. The number of rotatable bonds is 6. The Morgan fingerprint density at radius 3 is 2.54 bits per heavy atom. The van der Waals surface area contributed by atoms with E-state index in [1.165, 1.54) is 37.3 Å². The first-order valence-electron chi connectivity index (χ1n) is 8.66. The summed E-state index contributed by atoms with van der Waals surface area (Å²) in [5.74, 6) is 0.349. The van der Waals surface area contributed by atoms with E-state index in [0.717, 1.165) is 0 Å². The summed E-state index contributed by atoms with van der Waals surface area (Å²) in [5, 5.41) is 0.348. The molecule has 0 unspecified atom stereocenters. The first kappa shape index (κ1) is 19.3. The molecular formula is C20H20FN3O4. The van der Waals surface area contributed by atoms with Crippen LogP contribution in [0.5, 0.6) is 11.5 Å². The molecule has 0 saturated carbocycles. The van der Waals surface area contributed by atoms with Gasteiger partial charge in [0.2, 0.25) is 0 Å². The Bertz CT molecular complexity index is 1080. The number of carbonyl (C=O) groups excluding carboxylic acids is 1. The summed E-state index contributed by atoms with van der Waals surface area (Å²) >= 11 is 0. The Kier molecular flexibility index (Phi) is 5.58. The van der Waals surface area contributed by atoms with E-state index in [1.54, 1.807) is 25.1 Å².